The van der Waals surface area contributed by atoms with Crippen LogP contribution in [0.25, 0.3) is 0 Å². The average molecular weight is 456 g/mol. The van der Waals surface area contributed by atoms with Crippen LogP contribution in [0.3, 0.4) is 0 Å². The standard InChI is InChI=1S/C17H11F7N2O3S/c1-26(16(28)25-14(27)13-9(18)3-2-4-10(13)19)12-6-5-8(7-11(12)20)30-29-17(23,24)15(21)22/h2-7,15H,1H3,(H,25,27,28). The van der Waals surface area contributed by atoms with Crippen molar-refractivity contribution in [3.63, 3.8) is 0 Å². The molecule has 13 heteroatoms. The molecule has 1 N–H and O–H groups in total. The molecule has 0 aliphatic carbocycles. The van der Waals surface area contributed by atoms with Crippen molar-refractivity contribution in [1.82, 2.24) is 5.32 Å². The minimum Gasteiger partial charge on any atom is -0.294 e. The zero-order chi connectivity index (χ0) is 22.6. The van der Waals surface area contributed by atoms with Gasteiger partial charge in [-0.15, -0.1) is 0 Å². The number of rotatable bonds is 6. The van der Waals surface area contributed by atoms with Crippen molar-refractivity contribution in [2.24, 2.45) is 0 Å². The summed E-state index contributed by atoms with van der Waals surface area (Å²) in [6, 6.07) is 3.84. The molecule has 2 aromatic carbocycles. The van der Waals surface area contributed by atoms with Gasteiger partial charge in [0.25, 0.3) is 5.91 Å². The van der Waals surface area contributed by atoms with E-state index in [0.717, 1.165) is 37.4 Å². The number of nitrogens with one attached hydrogen (secondary N) is 1. The summed E-state index contributed by atoms with van der Waals surface area (Å²) < 4.78 is 94.6. The number of benzene rings is 2. The first-order chi connectivity index (χ1) is 13.9. The fraction of sp³-hybridized carbons (Fsp3) is 0.176. The lowest BCUT2D eigenvalue weighted by Crippen LogP contribution is -2.41. The zero-order valence-corrected chi connectivity index (χ0v) is 15.6. The number of hydrogen-bond donors (Lipinski definition) is 1. The van der Waals surface area contributed by atoms with Gasteiger partial charge in [0.1, 0.15) is 23.0 Å². The van der Waals surface area contributed by atoms with Crippen molar-refractivity contribution in [2.45, 2.75) is 17.4 Å². The lowest BCUT2D eigenvalue weighted by molar-refractivity contribution is -0.245. The zero-order valence-electron chi connectivity index (χ0n) is 14.8. The van der Waals surface area contributed by atoms with Gasteiger partial charge in [0.2, 0.25) is 0 Å². The highest BCUT2D eigenvalue weighted by atomic mass is 32.2. The molecule has 162 valence electrons. The van der Waals surface area contributed by atoms with Crippen LogP contribution >= 0.6 is 12.0 Å². The van der Waals surface area contributed by atoms with Gasteiger partial charge in [0, 0.05) is 24.0 Å². The molecule has 0 saturated heterocycles. The second-order valence-electron chi connectivity index (χ2n) is 5.56. The van der Waals surface area contributed by atoms with E-state index in [4.69, 9.17) is 0 Å². The second kappa shape index (κ2) is 9.34. The molecule has 0 saturated carbocycles. The van der Waals surface area contributed by atoms with Crippen molar-refractivity contribution in [3.8, 4) is 0 Å². The molecular weight excluding hydrogens is 445 g/mol. The van der Waals surface area contributed by atoms with Crippen LogP contribution in [0.4, 0.5) is 41.2 Å². The highest BCUT2D eigenvalue weighted by molar-refractivity contribution is 7.94. The maximum Gasteiger partial charge on any atom is 0.427 e. The van der Waals surface area contributed by atoms with Crippen molar-refractivity contribution >= 4 is 29.7 Å². The molecule has 0 spiro atoms. The van der Waals surface area contributed by atoms with Crippen LogP contribution in [0.15, 0.2) is 41.3 Å². The average Bonchev–Trinajstić information content (AvgIpc) is 2.65. The van der Waals surface area contributed by atoms with Gasteiger partial charge in [-0.2, -0.15) is 8.78 Å². The lowest BCUT2D eigenvalue weighted by atomic mass is 10.2. The normalized spacial score (nSPS) is 11.5. The summed E-state index contributed by atoms with van der Waals surface area (Å²) in [4.78, 5) is 24.3. The van der Waals surface area contributed by atoms with E-state index in [1.165, 1.54) is 0 Å². The van der Waals surface area contributed by atoms with Crippen molar-refractivity contribution in [1.29, 1.82) is 0 Å². The Morgan fingerprint density at radius 1 is 1.07 bits per heavy atom. The quantitative estimate of drug-likeness (QED) is 0.493. The van der Waals surface area contributed by atoms with E-state index in [9.17, 15) is 40.3 Å². The van der Waals surface area contributed by atoms with Crippen LogP contribution in [-0.4, -0.2) is 31.5 Å². The van der Waals surface area contributed by atoms with E-state index in [1.807, 2.05) is 0 Å². The number of alkyl halides is 4. The van der Waals surface area contributed by atoms with E-state index in [2.05, 4.69) is 4.18 Å². The molecule has 2 aromatic rings. The minimum absolute atomic E-state index is 0.217. The molecule has 0 aliphatic heterocycles. The van der Waals surface area contributed by atoms with Crippen LogP contribution in [0.1, 0.15) is 10.4 Å². The summed E-state index contributed by atoms with van der Waals surface area (Å²) in [7, 11) is 1.01. The molecule has 0 fully saturated rings. The van der Waals surface area contributed by atoms with E-state index in [0.29, 0.717) is 11.0 Å². The fourth-order valence-electron chi connectivity index (χ4n) is 2.02. The second-order valence-corrected chi connectivity index (χ2v) is 6.36. The largest absolute Gasteiger partial charge is 0.427 e. The predicted octanol–water partition coefficient (Wildman–Crippen LogP) is 4.97. The molecule has 0 radical (unpaired) electrons. The number of imide groups is 1. The van der Waals surface area contributed by atoms with E-state index in [1.54, 1.807) is 5.32 Å². The molecule has 30 heavy (non-hydrogen) atoms. The van der Waals surface area contributed by atoms with Gasteiger partial charge in [-0.25, -0.2) is 30.9 Å². The molecule has 0 atom stereocenters. The Kier molecular flexibility index (Phi) is 7.31. The third-order valence-electron chi connectivity index (χ3n) is 3.50. The molecule has 0 bridgehead atoms. The summed E-state index contributed by atoms with van der Waals surface area (Å²) in [5, 5.41) is 1.66. The van der Waals surface area contributed by atoms with Crippen LogP contribution in [0, 0.1) is 17.5 Å². The SMILES string of the molecule is CN(C(=O)NC(=O)c1c(F)cccc1F)c1ccc(SOC(F)(F)C(F)F)cc1F. The maximum absolute atomic E-state index is 14.2. The Labute approximate surface area is 169 Å². The van der Waals surface area contributed by atoms with Gasteiger partial charge < -0.3 is 0 Å². The number of halogens is 7. The summed E-state index contributed by atoms with van der Waals surface area (Å²) in [6.45, 7) is 0. The Bertz CT molecular complexity index is 939. The molecule has 2 rings (SSSR count). The Morgan fingerprint density at radius 3 is 2.20 bits per heavy atom. The smallest absolute Gasteiger partial charge is 0.294 e. The van der Waals surface area contributed by atoms with Crippen LogP contribution < -0.4 is 10.2 Å². The summed E-state index contributed by atoms with van der Waals surface area (Å²) in [5.74, 6) is -5.03. The molecule has 5 nitrogen and oxygen atoms in total. The van der Waals surface area contributed by atoms with E-state index in [-0.39, 0.29) is 16.9 Å². The third-order valence-corrected chi connectivity index (χ3v) is 4.25. The van der Waals surface area contributed by atoms with Crippen LogP contribution in [0.5, 0.6) is 0 Å². The Morgan fingerprint density at radius 2 is 1.67 bits per heavy atom. The molecule has 0 heterocycles. The van der Waals surface area contributed by atoms with Crippen molar-refractivity contribution in [2.75, 3.05) is 11.9 Å². The summed E-state index contributed by atoms with van der Waals surface area (Å²) >= 11 is -0.217. The van der Waals surface area contributed by atoms with Gasteiger partial charge in [-0.05, 0) is 30.3 Å². The number of anilines is 1. The van der Waals surface area contributed by atoms with E-state index >= 15 is 0 Å². The van der Waals surface area contributed by atoms with Crippen LogP contribution in [-0.2, 0) is 4.18 Å². The summed E-state index contributed by atoms with van der Waals surface area (Å²) in [5.41, 5.74) is -1.48. The van der Waals surface area contributed by atoms with E-state index < -0.39 is 53.2 Å². The number of nitrogens with zero attached hydrogens (tertiary/aromatic N) is 1. The summed E-state index contributed by atoms with van der Waals surface area (Å²) in [6.07, 6.45) is -8.86. The van der Waals surface area contributed by atoms with Gasteiger partial charge in [-0.1, -0.05) is 6.07 Å². The molecule has 3 amide bonds. The highest BCUT2D eigenvalue weighted by Gasteiger charge is 2.43. The highest BCUT2D eigenvalue weighted by Crippen LogP contribution is 2.34. The third kappa shape index (κ3) is 5.42. The number of urea groups is 1. The van der Waals surface area contributed by atoms with Crippen LogP contribution in [0.2, 0.25) is 0 Å². The first kappa shape index (κ1) is 23.5. The van der Waals surface area contributed by atoms with Gasteiger partial charge in [0.05, 0.1) is 5.69 Å². The Hall–Kier alpha value is -2.80. The van der Waals surface area contributed by atoms with Gasteiger partial charge >= 0.3 is 18.6 Å². The van der Waals surface area contributed by atoms with Crippen molar-refractivity contribution in [3.05, 3.63) is 59.4 Å². The lowest BCUT2D eigenvalue weighted by Gasteiger charge is -2.19. The molecular formula is C17H11F7N2O3S. The van der Waals surface area contributed by atoms with Crippen molar-refractivity contribution < 1.29 is 44.5 Å². The molecule has 0 aromatic heterocycles. The number of amides is 3. The predicted molar refractivity (Wildman–Crippen MR) is 91.9 cm³/mol. The maximum atomic E-state index is 14.2. The minimum atomic E-state index is -4.77. The van der Waals surface area contributed by atoms with Gasteiger partial charge in [0.15, 0.2) is 0 Å². The Balaban J connectivity index is 2.10. The first-order valence-electron chi connectivity index (χ1n) is 7.78. The number of carbonyl (C=O) groups is 2. The number of hydrogen-bond acceptors (Lipinski definition) is 4. The molecule has 0 unspecified atom stereocenters. The van der Waals surface area contributed by atoms with Gasteiger partial charge in [-0.3, -0.25) is 15.0 Å². The number of carbonyl (C=O) groups excluding carboxylic acids is 2. The monoisotopic (exact) mass is 456 g/mol. The topological polar surface area (TPSA) is 58.6 Å². The first-order valence-corrected chi connectivity index (χ1v) is 8.52. The molecule has 0 aliphatic rings. The fourth-order valence-corrected chi connectivity index (χ4v) is 2.57.